The SMILES string of the molecule is CC1(C)CCC[C@]2(C)[C@H]3CS(=O)(=O)c4cc(C(=O)N5CCCCC5)cc(O)c4[C@]3(C)CC[C@@H]12. The summed E-state index contributed by atoms with van der Waals surface area (Å²) < 4.78 is 27.4. The highest BCUT2D eigenvalue weighted by Crippen LogP contribution is 2.67. The molecule has 182 valence electrons. The quantitative estimate of drug-likeness (QED) is 0.600. The van der Waals surface area contributed by atoms with Crippen molar-refractivity contribution in [1.29, 1.82) is 0 Å². The number of phenols is 1. The maximum Gasteiger partial charge on any atom is 0.254 e. The average Bonchev–Trinajstić information content (AvgIpc) is 2.74. The van der Waals surface area contributed by atoms with Crippen LogP contribution in [0.5, 0.6) is 5.75 Å². The largest absolute Gasteiger partial charge is 0.508 e. The van der Waals surface area contributed by atoms with Crippen molar-refractivity contribution in [1.82, 2.24) is 4.90 Å². The zero-order valence-corrected chi connectivity index (χ0v) is 21.4. The van der Waals surface area contributed by atoms with E-state index in [4.69, 9.17) is 0 Å². The van der Waals surface area contributed by atoms with E-state index in [0.29, 0.717) is 30.1 Å². The first-order chi connectivity index (χ1) is 15.4. The van der Waals surface area contributed by atoms with Crippen LogP contribution in [-0.4, -0.2) is 43.2 Å². The second kappa shape index (κ2) is 7.47. The minimum atomic E-state index is -3.62. The number of fused-ring (bicyclic) bond motifs is 5. The first-order valence-electron chi connectivity index (χ1n) is 12.8. The van der Waals surface area contributed by atoms with Crippen molar-refractivity contribution in [3.05, 3.63) is 23.3 Å². The van der Waals surface area contributed by atoms with E-state index in [1.165, 1.54) is 12.5 Å². The van der Waals surface area contributed by atoms with Crippen LogP contribution in [0.25, 0.3) is 0 Å². The van der Waals surface area contributed by atoms with E-state index < -0.39 is 15.3 Å². The second-order valence-electron chi connectivity index (χ2n) is 12.4. The summed E-state index contributed by atoms with van der Waals surface area (Å²) in [7, 11) is -3.62. The summed E-state index contributed by atoms with van der Waals surface area (Å²) in [6.45, 7) is 10.6. The summed E-state index contributed by atoms with van der Waals surface area (Å²) >= 11 is 0. The minimum absolute atomic E-state index is 0.0132. The smallest absolute Gasteiger partial charge is 0.254 e. The highest BCUT2D eigenvalue weighted by atomic mass is 32.2. The standard InChI is InChI=1S/C27H39NO4S/c1-25(2)10-8-11-26(3)21(25)9-12-27(4)22(26)17-33(31,32)20-16-18(15-19(29)23(20)27)24(30)28-13-6-5-7-14-28/h15-16,21-22,29H,5-14,17H2,1-4H3/t21-,22+,26-,27+/m0/s1. The normalized spacial score (nSPS) is 36.9. The minimum Gasteiger partial charge on any atom is -0.508 e. The number of aromatic hydroxyl groups is 1. The first-order valence-corrected chi connectivity index (χ1v) is 14.4. The molecule has 2 aliphatic carbocycles. The summed E-state index contributed by atoms with van der Waals surface area (Å²) in [6.07, 6.45) is 8.32. The number of amides is 1. The Hall–Kier alpha value is -1.56. The van der Waals surface area contributed by atoms with Crippen LogP contribution in [0.4, 0.5) is 0 Å². The van der Waals surface area contributed by atoms with Gasteiger partial charge in [-0.3, -0.25) is 4.79 Å². The van der Waals surface area contributed by atoms with Gasteiger partial charge in [0.1, 0.15) is 5.75 Å². The molecule has 1 N–H and O–H groups in total. The Morgan fingerprint density at radius 3 is 2.36 bits per heavy atom. The third-order valence-electron chi connectivity index (χ3n) is 10.1. The van der Waals surface area contributed by atoms with Crippen molar-refractivity contribution in [2.45, 2.75) is 89.4 Å². The van der Waals surface area contributed by atoms with Crippen molar-refractivity contribution < 1.29 is 18.3 Å². The number of rotatable bonds is 1. The summed E-state index contributed by atoms with van der Waals surface area (Å²) in [4.78, 5) is 15.1. The second-order valence-corrected chi connectivity index (χ2v) is 14.4. The fraction of sp³-hybridized carbons (Fsp3) is 0.741. The topological polar surface area (TPSA) is 74.7 Å². The molecule has 0 aromatic heterocycles. The van der Waals surface area contributed by atoms with Gasteiger partial charge in [-0.25, -0.2) is 8.42 Å². The molecule has 3 fully saturated rings. The third kappa shape index (κ3) is 3.37. The molecule has 0 radical (unpaired) electrons. The van der Waals surface area contributed by atoms with Crippen LogP contribution in [0, 0.1) is 22.7 Å². The van der Waals surface area contributed by atoms with Gasteiger partial charge in [-0.05, 0) is 79.7 Å². The van der Waals surface area contributed by atoms with Crippen LogP contribution in [0.3, 0.4) is 0 Å². The van der Waals surface area contributed by atoms with Crippen molar-refractivity contribution in [2.75, 3.05) is 18.8 Å². The maximum absolute atomic E-state index is 13.7. The molecule has 1 aromatic carbocycles. The fourth-order valence-corrected chi connectivity index (χ4v) is 10.8. The van der Waals surface area contributed by atoms with Crippen molar-refractivity contribution >= 4 is 15.7 Å². The lowest BCUT2D eigenvalue weighted by Gasteiger charge is -2.63. The Morgan fingerprint density at radius 1 is 0.970 bits per heavy atom. The van der Waals surface area contributed by atoms with Gasteiger partial charge in [-0.2, -0.15) is 0 Å². The van der Waals surface area contributed by atoms with Crippen molar-refractivity contribution in [3.8, 4) is 5.75 Å². The van der Waals surface area contributed by atoms with Gasteiger partial charge in [-0.1, -0.05) is 34.1 Å². The molecule has 6 heteroatoms. The zero-order valence-electron chi connectivity index (χ0n) is 20.6. The van der Waals surface area contributed by atoms with Gasteiger partial charge in [0.2, 0.25) is 0 Å². The van der Waals surface area contributed by atoms with Gasteiger partial charge in [0.25, 0.3) is 5.91 Å². The first kappa shape index (κ1) is 23.2. The van der Waals surface area contributed by atoms with Gasteiger partial charge in [-0.15, -0.1) is 0 Å². The molecule has 1 aromatic rings. The van der Waals surface area contributed by atoms with E-state index >= 15 is 0 Å². The zero-order chi connectivity index (χ0) is 23.8. The van der Waals surface area contributed by atoms with E-state index in [9.17, 15) is 18.3 Å². The predicted molar refractivity (Wildman–Crippen MR) is 129 cm³/mol. The van der Waals surface area contributed by atoms with Crippen LogP contribution in [0.15, 0.2) is 17.0 Å². The summed E-state index contributed by atoms with van der Waals surface area (Å²) in [5.41, 5.74) is 0.588. The van der Waals surface area contributed by atoms with Crippen LogP contribution >= 0.6 is 0 Å². The molecule has 5 rings (SSSR count). The molecule has 33 heavy (non-hydrogen) atoms. The number of hydrogen-bond acceptors (Lipinski definition) is 4. The van der Waals surface area contributed by atoms with Gasteiger partial charge >= 0.3 is 0 Å². The molecule has 2 heterocycles. The molecule has 5 nitrogen and oxygen atoms in total. The van der Waals surface area contributed by atoms with Gasteiger partial charge in [0.05, 0.1) is 10.6 Å². The molecule has 1 saturated heterocycles. The highest BCUT2D eigenvalue weighted by molar-refractivity contribution is 7.91. The number of piperidine rings is 1. The number of likely N-dealkylation sites (tertiary alicyclic amines) is 1. The lowest BCUT2D eigenvalue weighted by Crippen LogP contribution is -2.59. The summed E-state index contributed by atoms with van der Waals surface area (Å²) in [6, 6.07) is 3.11. The molecular weight excluding hydrogens is 434 g/mol. The molecule has 4 aliphatic rings. The highest BCUT2D eigenvalue weighted by Gasteiger charge is 2.62. The van der Waals surface area contributed by atoms with Gasteiger partial charge in [0, 0.05) is 29.6 Å². The van der Waals surface area contributed by atoms with Crippen LogP contribution in [0.1, 0.15) is 95.0 Å². The van der Waals surface area contributed by atoms with E-state index in [1.807, 2.05) is 0 Å². The van der Waals surface area contributed by atoms with E-state index in [1.54, 1.807) is 11.0 Å². The van der Waals surface area contributed by atoms with Crippen LogP contribution < -0.4 is 0 Å². The maximum atomic E-state index is 13.7. The number of hydrogen-bond donors (Lipinski definition) is 1. The van der Waals surface area contributed by atoms with Gasteiger partial charge in [0.15, 0.2) is 9.84 Å². The van der Waals surface area contributed by atoms with Crippen LogP contribution in [0.2, 0.25) is 0 Å². The molecule has 0 unspecified atom stereocenters. The monoisotopic (exact) mass is 473 g/mol. The van der Waals surface area contributed by atoms with Gasteiger partial charge < -0.3 is 10.0 Å². The molecule has 0 bridgehead atoms. The summed E-state index contributed by atoms with van der Waals surface area (Å²) in [5.74, 6) is 0.382. The molecular formula is C27H39NO4S. The van der Waals surface area contributed by atoms with E-state index in [0.717, 1.165) is 44.9 Å². The Morgan fingerprint density at radius 2 is 1.67 bits per heavy atom. The van der Waals surface area contributed by atoms with Crippen molar-refractivity contribution in [2.24, 2.45) is 22.7 Å². The van der Waals surface area contributed by atoms with E-state index in [-0.39, 0.29) is 39.1 Å². The van der Waals surface area contributed by atoms with Crippen molar-refractivity contribution in [3.63, 3.8) is 0 Å². The number of nitrogens with zero attached hydrogens (tertiary/aromatic N) is 1. The Kier molecular flexibility index (Phi) is 5.25. The molecule has 4 atom stereocenters. The lowest BCUT2D eigenvalue weighted by molar-refractivity contribution is -0.0984. The lowest BCUT2D eigenvalue weighted by atomic mass is 9.43. The van der Waals surface area contributed by atoms with Crippen LogP contribution in [-0.2, 0) is 15.3 Å². The average molecular weight is 474 g/mol. The number of carbonyl (C=O) groups is 1. The number of benzene rings is 1. The number of phenolic OH excluding ortho intramolecular Hbond substituents is 1. The Bertz CT molecular complexity index is 1090. The molecule has 2 aliphatic heterocycles. The molecule has 0 spiro atoms. The number of sulfone groups is 1. The summed E-state index contributed by atoms with van der Waals surface area (Å²) in [5, 5.41) is 11.3. The molecule has 1 amide bonds. The Labute approximate surface area is 198 Å². The fourth-order valence-electron chi connectivity index (χ4n) is 8.46. The molecule has 2 saturated carbocycles. The predicted octanol–water partition coefficient (Wildman–Crippen LogP) is 5.31. The third-order valence-corrected chi connectivity index (χ3v) is 11.8. The van der Waals surface area contributed by atoms with E-state index in [2.05, 4.69) is 27.7 Å². The number of carbonyl (C=O) groups excluding carboxylic acids is 1. The Balaban J connectivity index is 1.61.